The number of aromatic nitrogens is 4. The number of H-pyrrole nitrogens is 1. The number of hydrogen-bond acceptors (Lipinski definition) is 7. The third-order valence-electron chi connectivity index (χ3n) is 4.60. The molecule has 0 bridgehead atoms. The van der Waals surface area contributed by atoms with Crippen molar-refractivity contribution in [3.8, 4) is 11.5 Å². The van der Waals surface area contributed by atoms with Gasteiger partial charge >= 0.3 is 5.69 Å². The first-order valence-electron chi connectivity index (χ1n) is 9.47. The third-order valence-corrected chi connectivity index (χ3v) is 4.75. The lowest BCUT2D eigenvalue weighted by Gasteiger charge is -2.17. The molecular formula is C19H24N6O4S. The molecule has 0 spiro atoms. The number of ether oxygens (including phenoxy) is 2. The molecule has 0 aliphatic carbocycles. The van der Waals surface area contributed by atoms with Crippen LogP contribution in [0.5, 0.6) is 0 Å². The van der Waals surface area contributed by atoms with Gasteiger partial charge in [0.1, 0.15) is 0 Å². The van der Waals surface area contributed by atoms with Crippen molar-refractivity contribution in [1.29, 1.82) is 0 Å². The minimum atomic E-state index is -0.703. The van der Waals surface area contributed by atoms with Gasteiger partial charge in [0.15, 0.2) is 16.6 Å². The Morgan fingerprint density at radius 2 is 1.83 bits per heavy atom. The number of hydrogen-bond donors (Lipinski definition) is 3. The molecule has 0 unspecified atom stereocenters. The quantitative estimate of drug-likeness (QED) is 0.244. The Hall–Kier alpha value is -2.89. The van der Waals surface area contributed by atoms with Crippen LogP contribution in [-0.4, -0.2) is 57.6 Å². The highest BCUT2D eigenvalue weighted by Gasteiger charge is 2.19. The van der Waals surface area contributed by atoms with Crippen molar-refractivity contribution in [1.82, 2.24) is 24.8 Å². The summed E-state index contributed by atoms with van der Waals surface area (Å²) in [6.45, 7) is 6.54. The number of nitrogens with zero attached hydrogens (tertiary/aromatic N) is 3. The van der Waals surface area contributed by atoms with Crippen LogP contribution in [0.4, 0.5) is 0 Å². The van der Waals surface area contributed by atoms with E-state index in [9.17, 15) is 9.59 Å². The van der Waals surface area contributed by atoms with Crippen LogP contribution in [0.15, 0.2) is 21.7 Å². The van der Waals surface area contributed by atoms with Crippen molar-refractivity contribution in [2.45, 2.75) is 20.4 Å². The zero-order valence-corrected chi connectivity index (χ0v) is 17.7. The van der Waals surface area contributed by atoms with Crippen LogP contribution < -0.4 is 22.3 Å². The minimum Gasteiger partial charge on any atom is -0.377 e. The summed E-state index contributed by atoms with van der Waals surface area (Å²) in [7, 11) is 0. The Morgan fingerprint density at radius 3 is 2.57 bits per heavy atom. The summed E-state index contributed by atoms with van der Waals surface area (Å²) in [5.41, 5.74) is 7.77. The summed E-state index contributed by atoms with van der Waals surface area (Å²) in [6, 6.07) is 3.89. The zero-order valence-electron chi connectivity index (χ0n) is 16.9. The van der Waals surface area contributed by atoms with Gasteiger partial charge in [-0.15, -0.1) is 0 Å². The first-order chi connectivity index (χ1) is 14.4. The van der Waals surface area contributed by atoms with Gasteiger partial charge in [0.05, 0.1) is 37.5 Å². The van der Waals surface area contributed by atoms with Gasteiger partial charge in [-0.25, -0.2) is 9.78 Å². The molecular weight excluding hydrogens is 408 g/mol. The van der Waals surface area contributed by atoms with E-state index in [1.165, 1.54) is 0 Å². The van der Waals surface area contributed by atoms with E-state index in [1.54, 1.807) is 4.57 Å². The lowest BCUT2D eigenvalue weighted by atomic mass is 10.1. The van der Waals surface area contributed by atoms with E-state index in [-0.39, 0.29) is 16.6 Å². The third kappa shape index (κ3) is 5.17. The fourth-order valence-corrected chi connectivity index (χ4v) is 3.10. The van der Waals surface area contributed by atoms with Crippen molar-refractivity contribution >= 4 is 28.4 Å². The number of thiocarbonyl (C=S) groups is 1. The predicted molar refractivity (Wildman–Crippen MR) is 117 cm³/mol. The molecule has 160 valence electrons. The molecule has 4 N–H and O–H groups in total. The maximum absolute atomic E-state index is 12.3. The van der Waals surface area contributed by atoms with Gasteiger partial charge in [0.25, 0.3) is 5.56 Å². The van der Waals surface area contributed by atoms with Gasteiger partial charge in [0.2, 0.25) is 0 Å². The summed E-state index contributed by atoms with van der Waals surface area (Å²) in [5.74, 6) is 0.239. The van der Waals surface area contributed by atoms with Crippen LogP contribution in [0, 0.1) is 13.8 Å². The number of nitrogens with two attached hydrogens (primary N) is 1. The lowest BCUT2D eigenvalue weighted by Crippen LogP contribution is -2.32. The SMILES string of the molecule is Cc1cc2nc3c(=O)[nH]c(=O)nc-3n(CCOCCOCCNC(N)=S)c2cc1C. The first-order valence-corrected chi connectivity index (χ1v) is 9.88. The van der Waals surface area contributed by atoms with E-state index in [1.807, 2.05) is 26.0 Å². The monoisotopic (exact) mass is 432 g/mol. The van der Waals surface area contributed by atoms with E-state index in [4.69, 9.17) is 27.4 Å². The van der Waals surface area contributed by atoms with Crippen LogP contribution in [0.2, 0.25) is 0 Å². The number of fused-ring (bicyclic) bond motifs is 2. The van der Waals surface area contributed by atoms with Gasteiger partial charge in [-0.1, -0.05) is 0 Å². The molecule has 0 aromatic heterocycles. The standard InChI is InChI=1S/C19H24N6O4S/c1-11-9-13-14(10-12(11)2)25(16-15(22-13)17(26)24-19(27)23-16)4-6-29-8-7-28-5-3-21-18(20)30/h9-10H,3-8H2,1-2H3,(H3,20,21,30)(H,24,26,27). The maximum Gasteiger partial charge on any atom is 0.349 e. The maximum atomic E-state index is 12.3. The van der Waals surface area contributed by atoms with Crippen LogP contribution in [0.1, 0.15) is 11.1 Å². The molecule has 30 heavy (non-hydrogen) atoms. The highest BCUT2D eigenvalue weighted by Crippen LogP contribution is 2.23. The molecule has 0 amide bonds. The Kier molecular flexibility index (Phi) is 7.08. The Morgan fingerprint density at radius 1 is 1.13 bits per heavy atom. The van der Waals surface area contributed by atoms with Gasteiger partial charge in [-0.2, -0.15) is 4.98 Å². The second-order valence-corrected chi connectivity index (χ2v) is 7.19. The molecule has 0 saturated heterocycles. The molecule has 10 nitrogen and oxygen atoms in total. The van der Waals surface area contributed by atoms with Crippen LogP contribution in [0.3, 0.4) is 0 Å². The van der Waals surface area contributed by atoms with Gasteiger partial charge in [-0.3, -0.25) is 9.78 Å². The molecule has 2 heterocycles. The van der Waals surface area contributed by atoms with E-state index in [0.717, 1.165) is 16.6 Å². The molecule has 0 radical (unpaired) electrons. The average Bonchev–Trinajstić information content (AvgIpc) is 2.67. The van der Waals surface area contributed by atoms with Crippen molar-refractivity contribution in [2.75, 3.05) is 33.0 Å². The fraction of sp³-hybridized carbons (Fsp3) is 0.421. The average molecular weight is 433 g/mol. The summed E-state index contributed by atoms with van der Waals surface area (Å²) < 4.78 is 12.9. The largest absolute Gasteiger partial charge is 0.377 e. The molecule has 0 saturated carbocycles. The van der Waals surface area contributed by atoms with Gasteiger partial charge in [-0.05, 0) is 49.3 Å². The zero-order chi connectivity index (χ0) is 21.7. The summed E-state index contributed by atoms with van der Waals surface area (Å²) in [6.07, 6.45) is 0. The molecule has 0 atom stereocenters. The normalized spacial score (nSPS) is 11.3. The van der Waals surface area contributed by atoms with E-state index in [2.05, 4.69) is 20.3 Å². The molecule has 3 rings (SSSR count). The van der Waals surface area contributed by atoms with E-state index < -0.39 is 11.2 Å². The molecule has 1 aromatic carbocycles. The smallest absolute Gasteiger partial charge is 0.349 e. The molecule has 0 fully saturated rings. The van der Waals surface area contributed by atoms with Crippen LogP contribution in [-0.2, 0) is 16.0 Å². The van der Waals surface area contributed by atoms with Crippen LogP contribution >= 0.6 is 12.2 Å². The fourth-order valence-electron chi connectivity index (χ4n) is 3.00. The number of benzene rings is 1. The van der Waals surface area contributed by atoms with Crippen molar-refractivity contribution in [3.05, 3.63) is 44.1 Å². The Bertz CT molecular complexity index is 1140. The number of nitrogens with one attached hydrogen (secondary N) is 2. The second kappa shape index (κ2) is 9.74. The number of aryl methyl sites for hydroxylation is 2. The molecule has 1 aromatic rings. The van der Waals surface area contributed by atoms with E-state index >= 15 is 0 Å². The van der Waals surface area contributed by atoms with Crippen LogP contribution in [0.25, 0.3) is 22.6 Å². The number of aromatic amines is 1. The molecule has 2 aliphatic heterocycles. The highest BCUT2D eigenvalue weighted by atomic mass is 32.1. The van der Waals surface area contributed by atoms with Gasteiger partial charge in [0, 0.05) is 13.1 Å². The minimum absolute atomic E-state index is 0.124. The van der Waals surface area contributed by atoms with Gasteiger partial charge < -0.3 is 25.1 Å². The molecule has 11 heteroatoms. The van der Waals surface area contributed by atoms with Crippen molar-refractivity contribution < 1.29 is 9.47 Å². The van der Waals surface area contributed by atoms with Crippen molar-refractivity contribution in [2.24, 2.45) is 5.73 Å². The highest BCUT2D eigenvalue weighted by molar-refractivity contribution is 7.80. The summed E-state index contributed by atoms with van der Waals surface area (Å²) >= 11 is 4.71. The summed E-state index contributed by atoms with van der Waals surface area (Å²) in [5, 5.41) is 3.03. The van der Waals surface area contributed by atoms with Crippen molar-refractivity contribution in [3.63, 3.8) is 0 Å². The predicted octanol–water partition coefficient (Wildman–Crippen LogP) is 0.0678. The second-order valence-electron chi connectivity index (χ2n) is 6.75. The Labute approximate surface area is 177 Å². The Balaban J connectivity index is 1.73. The first kappa shape index (κ1) is 21.8. The lowest BCUT2D eigenvalue weighted by molar-refractivity contribution is 0.0471. The molecule has 2 aliphatic rings. The van der Waals surface area contributed by atoms with E-state index in [0.29, 0.717) is 45.0 Å². The summed E-state index contributed by atoms with van der Waals surface area (Å²) in [4.78, 5) is 34.6. The number of rotatable bonds is 9. The topological polar surface area (TPSA) is 137 Å².